The summed E-state index contributed by atoms with van der Waals surface area (Å²) in [6.07, 6.45) is 1.05. The summed E-state index contributed by atoms with van der Waals surface area (Å²) in [6.45, 7) is 1.94. The molecule has 3 rings (SSSR count). The second-order valence-corrected chi connectivity index (χ2v) is 6.62. The normalized spacial score (nSPS) is 22.2. The Morgan fingerprint density at radius 2 is 1.67 bits per heavy atom. The maximum atomic E-state index is 6.43. The Hall–Kier alpha value is -0.730. The minimum Gasteiger partial charge on any atom is -0.316 e. The molecular formula is C17H16Cl3N. The average molecular weight is 341 g/mol. The average Bonchev–Trinajstić information content (AvgIpc) is 2.51. The van der Waals surface area contributed by atoms with Gasteiger partial charge in [0, 0.05) is 17.5 Å². The van der Waals surface area contributed by atoms with E-state index in [0.29, 0.717) is 21.9 Å². The van der Waals surface area contributed by atoms with Crippen molar-refractivity contribution in [2.45, 2.75) is 18.3 Å². The third kappa shape index (κ3) is 3.22. The van der Waals surface area contributed by atoms with Gasteiger partial charge >= 0.3 is 0 Å². The molecule has 0 aliphatic carbocycles. The molecule has 0 spiro atoms. The van der Waals surface area contributed by atoms with Gasteiger partial charge in [0.2, 0.25) is 0 Å². The predicted octanol–water partition coefficient (Wildman–Crippen LogP) is 5.51. The Balaban J connectivity index is 1.98. The van der Waals surface area contributed by atoms with Crippen LogP contribution in [0.1, 0.15) is 29.4 Å². The van der Waals surface area contributed by atoms with Crippen LogP contribution in [0.15, 0.2) is 42.5 Å². The molecule has 0 aromatic heterocycles. The minimum atomic E-state index is 0.374. The van der Waals surface area contributed by atoms with E-state index in [4.69, 9.17) is 34.8 Å². The standard InChI is InChI=1S/C17H16Cl3N/c18-12-6-4-11(5-7-12)15-10-21-9-8-13(15)14-2-1-3-16(19)17(14)20/h1-7,13,15,21H,8-10H2. The maximum Gasteiger partial charge on any atom is 0.0627 e. The molecule has 1 N–H and O–H groups in total. The van der Waals surface area contributed by atoms with Crippen LogP contribution in [0.2, 0.25) is 15.1 Å². The molecule has 110 valence electrons. The second kappa shape index (κ2) is 6.58. The van der Waals surface area contributed by atoms with Crippen LogP contribution in [-0.2, 0) is 0 Å². The van der Waals surface area contributed by atoms with Crippen LogP contribution in [-0.4, -0.2) is 13.1 Å². The Labute approximate surface area is 140 Å². The first-order chi connectivity index (χ1) is 10.2. The molecule has 1 nitrogen and oxygen atoms in total. The summed E-state index contributed by atoms with van der Waals surface area (Å²) in [5, 5.41) is 5.55. The Morgan fingerprint density at radius 1 is 0.905 bits per heavy atom. The third-order valence-electron chi connectivity index (χ3n) is 4.16. The summed E-state index contributed by atoms with van der Waals surface area (Å²) in [5.74, 6) is 0.755. The van der Waals surface area contributed by atoms with Crippen LogP contribution in [0, 0.1) is 0 Å². The van der Waals surface area contributed by atoms with E-state index in [1.165, 1.54) is 5.56 Å². The summed E-state index contributed by atoms with van der Waals surface area (Å²) in [5.41, 5.74) is 2.43. The molecule has 1 fully saturated rings. The van der Waals surface area contributed by atoms with Gasteiger partial charge in [0.05, 0.1) is 10.0 Å². The van der Waals surface area contributed by atoms with Crippen LogP contribution in [0.5, 0.6) is 0 Å². The number of rotatable bonds is 2. The molecule has 1 saturated heterocycles. The number of benzene rings is 2. The predicted molar refractivity (Wildman–Crippen MR) is 90.9 cm³/mol. The van der Waals surface area contributed by atoms with Crippen molar-refractivity contribution in [2.75, 3.05) is 13.1 Å². The van der Waals surface area contributed by atoms with E-state index in [0.717, 1.165) is 30.1 Å². The number of hydrogen-bond donors (Lipinski definition) is 1. The lowest BCUT2D eigenvalue weighted by molar-refractivity contribution is 0.404. The minimum absolute atomic E-state index is 0.374. The van der Waals surface area contributed by atoms with Gasteiger partial charge in [-0.3, -0.25) is 0 Å². The number of piperidine rings is 1. The van der Waals surface area contributed by atoms with E-state index in [9.17, 15) is 0 Å². The van der Waals surface area contributed by atoms with E-state index in [-0.39, 0.29) is 0 Å². The molecule has 4 heteroatoms. The van der Waals surface area contributed by atoms with Gasteiger partial charge in [-0.15, -0.1) is 0 Å². The molecule has 1 aliphatic heterocycles. The quantitative estimate of drug-likeness (QED) is 0.760. The monoisotopic (exact) mass is 339 g/mol. The van der Waals surface area contributed by atoms with E-state index in [2.05, 4.69) is 23.5 Å². The van der Waals surface area contributed by atoms with Crippen molar-refractivity contribution >= 4 is 34.8 Å². The molecule has 21 heavy (non-hydrogen) atoms. The highest BCUT2D eigenvalue weighted by molar-refractivity contribution is 6.42. The van der Waals surface area contributed by atoms with Crippen LogP contribution in [0.25, 0.3) is 0 Å². The first kappa shape index (κ1) is 15.2. The summed E-state index contributed by atoms with van der Waals surface area (Å²) in [7, 11) is 0. The van der Waals surface area contributed by atoms with Gasteiger partial charge in [0.15, 0.2) is 0 Å². The smallest absolute Gasteiger partial charge is 0.0627 e. The largest absolute Gasteiger partial charge is 0.316 e. The third-order valence-corrected chi connectivity index (χ3v) is 5.25. The molecule has 2 aromatic carbocycles. The van der Waals surface area contributed by atoms with Crippen LogP contribution >= 0.6 is 34.8 Å². The lowest BCUT2D eigenvalue weighted by Gasteiger charge is -2.33. The number of nitrogens with one attached hydrogen (secondary N) is 1. The highest BCUT2D eigenvalue weighted by Crippen LogP contribution is 2.42. The van der Waals surface area contributed by atoms with Crippen LogP contribution in [0.4, 0.5) is 0 Å². The zero-order valence-corrected chi connectivity index (χ0v) is 13.7. The first-order valence-corrected chi connectivity index (χ1v) is 8.20. The second-order valence-electron chi connectivity index (χ2n) is 5.40. The Morgan fingerprint density at radius 3 is 2.43 bits per heavy atom. The molecule has 0 radical (unpaired) electrons. The maximum absolute atomic E-state index is 6.43. The Bertz CT molecular complexity index is 624. The van der Waals surface area contributed by atoms with E-state index < -0.39 is 0 Å². The van der Waals surface area contributed by atoms with Gasteiger partial charge in [-0.05, 0) is 48.2 Å². The summed E-state index contributed by atoms with van der Waals surface area (Å²) in [6, 6.07) is 14.0. The Kier molecular flexibility index (Phi) is 4.75. The number of halogens is 3. The molecule has 2 atom stereocenters. The lowest BCUT2D eigenvalue weighted by Crippen LogP contribution is -2.34. The van der Waals surface area contributed by atoms with Crippen molar-refractivity contribution in [3.63, 3.8) is 0 Å². The molecular weight excluding hydrogens is 325 g/mol. The first-order valence-electron chi connectivity index (χ1n) is 7.07. The van der Waals surface area contributed by atoms with Crippen molar-refractivity contribution in [1.29, 1.82) is 0 Å². The van der Waals surface area contributed by atoms with E-state index in [1.807, 2.05) is 24.3 Å². The fraction of sp³-hybridized carbons (Fsp3) is 0.294. The highest BCUT2D eigenvalue weighted by atomic mass is 35.5. The van der Waals surface area contributed by atoms with Gasteiger partial charge in [0.25, 0.3) is 0 Å². The summed E-state index contributed by atoms with van der Waals surface area (Å²) < 4.78 is 0. The molecule has 0 saturated carbocycles. The van der Waals surface area contributed by atoms with E-state index in [1.54, 1.807) is 0 Å². The molecule has 2 aromatic rings. The summed E-state index contributed by atoms with van der Waals surface area (Å²) in [4.78, 5) is 0. The zero-order chi connectivity index (χ0) is 14.8. The molecule has 1 aliphatic rings. The van der Waals surface area contributed by atoms with Crippen molar-refractivity contribution < 1.29 is 0 Å². The number of hydrogen-bond acceptors (Lipinski definition) is 1. The van der Waals surface area contributed by atoms with E-state index >= 15 is 0 Å². The molecule has 0 amide bonds. The molecule has 0 bridgehead atoms. The fourth-order valence-corrected chi connectivity index (χ4v) is 3.67. The lowest BCUT2D eigenvalue weighted by atomic mass is 9.77. The van der Waals surface area contributed by atoms with Crippen LogP contribution in [0.3, 0.4) is 0 Å². The van der Waals surface area contributed by atoms with Crippen molar-refractivity contribution in [1.82, 2.24) is 5.32 Å². The van der Waals surface area contributed by atoms with Gasteiger partial charge in [-0.1, -0.05) is 59.1 Å². The van der Waals surface area contributed by atoms with Crippen LogP contribution < -0.4 is 5.32 Å². The SMILES string of the molecule is Clc1ccc(C2CNCCC2c2cccc(Cl)c2Cl)cc1. The summed E-state index contributed by atoms with van der Waals surface area (Å²) >= 11 is 18.6. The highest BCUT2D eigenvalue weighted by Gasteiger charge is 2.29. The van der Waals surface area contributed by atoms with Crippen molar-refractivity contribution in [2.24, 2.45) is 0 Å². The topological polar surface area (TPSA) is 12.0 Å². The van der Waals surface area contributed by atoms with Gasteiger partial charge in [-0.25, -0.2) is 0 Å². The van der Waals surface area contributed by atoms with Crippen molar-refractivity contribution in [3.8, 4) is 0 Å². The van der Waals surface area contributed by atoms with Gasteiger partial charge in [0.1, 0.15) is 0 Å². The molecule has 1 heterocycles. The fourth-order valence-electron chi connectivity index (χ4n) is 3.10. The van der Waals surface area contributed by atoms with Crippen molar-refractivity contribution in [3.05, 3.63) is 68.7 Å². The molecule has 2 unspecified atom stereocenters. The zero-order valence-electron chi connectivity index (χ0n) is 11.5. The van der Waals surface area contributed by atoms with Gasteiger partial charge in [-0.2, -0.15) is 0 Å². The van der Waals surface area contributed by atoms with Gasteiger partial charge < -0.3 is 5.32 Å².